The van der Waals surface area contributed by atoms with E-state index in [0.29, 0.717) is 25.1 Å². The standard InChI is InChI=1S/C26H20ClFN4O5/c1-14-4-2-5-18(27)21(14)25(34)32-20-11-16(24(33)31-8-3-9-37-13-31)12-29-23(20)22(30-32)17-7-6-15(26(35)36)10-19(17)28/h2,4-7,10-12H,3,8-9,13H2,1H3,(H,35,36). The number of carboxylic acids is 1. The van der Waals surface area contributed by atoms with E-state index in [0.717, 1.165) is 10.7 Å². The Labute approximate surface area is 215 Å². The van der Waals surface area contributed by atoms with Crippen molar-refractivity contribution in [1.29, 1.82) is 0 Å². The quantitative estimate of drug-likeness (QED) is 0.422. The van der Waals surface area contributed by atoms with Crippen molar-refractivity contribution < 1.29 is 28.6 Å². The molecule has 0 unspecified atom stereocenters. The van der Waals surface area contributed by atoms with E-state index in [9.17, 15) is 19.5 Å². The highest BCUT2D eigenvalue weighted by atomic mass is 35.5. The number of carbonyl (C=O) groups excluding carboxylic acids is 2. The summed E-state index contributed by atoms with van der Waals surface area (Å²) in [5.74, 6) is -3.05. The predicted molar refractivity (Wildman–Crippen MR) is 132 cm³/mol. The van der Waals surface area contributed by atoms with E-state index in [4.69, 9.17) is 16.3 Å². The van der Waals surface area contributed by atoms with E-state index in [2.05, 4.69) is 10.1 Å². The minimum Gasteiger partial charge on any atom is -0.478 e. The molecule has 1 aliphatic heterocycles. The predicted octanol–water partition coefficient (Wildman–Crippen LogP) is 4.41. The van der Waals surface area contributed by atoms with Gasteiger partial charge in [0, 0.05) is 18.3 Å². The molecule has 1 amide bonds. The van der Waals surface area contributed by atoms with E-state index < -0.39 is 17.7 Å². The van der Waals surface area contributed by atoms with Gasteiger partial charge in [-0.1, -0.05) is 23.7 Å². The van der Waals surface area contributed by atoms with Crippen LogP contribution in [0.5, 0.6) is 0 Å². The molecule has 1 aliphatic rings. The van der Waals surface area contributed by atoms with Crippen molar-refractivity contribution >= 4 is 40.4 Å². The number of nitrogens with zero attached hydrogens (tertiary/aromatic N) is 4. The van der Waals surface area contributed by atoms with Gasteiger partial charge in [0.15, 0.2) is 0 Å². The van der Waals surface area contributed by atoms with Gasteiger partial charge in [0.2, 0.25) is 0 Å². The summed E-state index contributed by atoms with van der Waals surface area (Å²) >= 11 is 6.34. The molecule has 188 valence electrons. The number of carboxylic acid groups (broad SMARTS) is 1. The molecule has 1 saturated heterocycles. The Hall–Kier alpha value is -4.15. The highest BCUT2D eigenvalue weighted by Crippen LogP contribution is 2.31. The van der Waals surface area contributed by atoms with Gasteiger partial charge in [-0.15, -0.1) is 0 Å². The van der Waals surface area contributed by atoms with Gasteiger partial charge in [-0.25, -0.2) is 9.18 Å². The van der Waals surface area contributed by atoms with Crippen molar-refractivity contribution in [3.63, 3.8) is 0 Å². The van der Waals surface area contributed by atoms with Crippen LogP contribution in [0.25, 0.3) is 22.3 Å². The Balaban J connectivity index is 1.70. The van der Waals surface area contributed by atoms with Gasteiger partial charge in [0.1, 0.15) is 23.8 Å². The van der Waals surface area contributed by atoms with Crippen LogP contribution in [0.3, 0.4) is 0 Å². The first-order chi connectivity index (χ1) is 17.8. The molecule has 1 N–H and O–H groups in total. The summed E-state index contributed by atoms with van der Waals surface area (Å²) in [6.07, 6.45) is 2.03. The normalized spacial score (nSPS) is 13.6. The summed E-state index contributed by atoms with van der Waals surface area (Å²) in [5, 5.41) is 13.8. The number of aromatic nitrogens is 3. The van der Waals surface area contributed by atoms with Crippen molar-refractivity contribution in [3.8, 4) is 11.3 Å². The summed E-state index contributed by atoms with van der Waals surface area (Å²) < 4.78 is 21.4. The SMILES string of the molecule is Cc1cccc(Cl)c1C(=O)n1nc(-c2ccc(C(=O)O)cc2F)c2ncc(C(=O)N3CCCOC3)cc21. The van der Waals surface area contributed by atoms with Gasteiger partial charge < -0.3 is 14.7 Å². The molecule has 0 atom stereocenters. The first-order valence-corrected chi connectivity index (χ1v) is 11.7. The lowest BCUT2D eigenvalue weighted by Gasteiger charge is -2.26. The third-order valence-electron chi connectivity index (χ3n) is 6.12. The van der Waals surface area contributed by atoms with Gasteiger partial charge >= 0.3 is 5.97 Å². The maximum Gasteiger partial charge on any atom is 0.335 e. The molecule has 4 aromatic rings. The van der Waals surface area contributed by atoms with Crippen molar-refractivity contribution in [1.82, 2.24) is 19.7 Å². The third-order valence-corrected chi connectivity index (χ3v) is 6.43. The van der Waals surface area contributed by atoms with Crippen molar-refractivity contribution in [2.75, 3.05) is 19.9 Å². The average Bonchev–Trinajstić information content (AvgIpc) is 3.27. The van der Waals surface area contributed by atoms with E-state index in [-0.39, 0.29) is 56.6 Å². The molecule has 2 aromatic carbocycles. The molecule has 1 fully saturated rings. The topological polar surface area (TPSA) is 115 Å². The maximum atomic E-state index is 15.0. The highest BCUT2D eigenvalue weighted by Gasteiger charge is 2.26. The van der Waals surface area contributed by atoms with Crippen molar-refractivity contribution in [2.24, 2.45) is 0 Å². The second-order valence-corrected chi connectivity index (χ2v) is 8.96. The van der Waals surface area contributed by atoms with Crippen LogP contribution in [-0.4, -0.2) is 62.4 Å². The molecule has 5 rings (SSSR count). The zero-order valence-corrected chi connectivity index (χ0v) is 20.3. The fourth-order valence-electron chi connectivity index (χ4n) is 4.24. The largest absolute Gasteiger partial charge is 0.478 e. The van der Waals surface area contributed by atoms with Crippen LogP contribution >= 0.6 is 11.6 Å². The fraction of sp³-hybridized carbons (Fsp3) is 0.192. The number of ether oxygens (including phenoxy) is 1. The molecule has 11 heteroatoms. The summed E-state index contributed by atoms with van der Waals surface area (Å²) in [6.45, 7) is 2.94. The number of carbonyl (C=O) groups is 3. The number of hydrogen-bond acceptors (Lipinski definition) is 6. The number of aryl methyl sites for hydroxylation is 1. The van der Waals surface area contributed by atoms with Gasteiger partial charge in [0.25, 0.3) is 11.8 Å². The monoisotopic (exact) mass is 522 g/mol. The second kappa shape index (κ2) is 9.72. The van der Waals surface area contributed by atoms with Crippen LogP contribution in [0.2, 0.25) is 5.02 Å². The number of hydrogen-bond donors (Lipinski definition) is 1. The van der Waals surface area contributed by atoms with Crippen LogP contribution in [0, 0.1) is 12.7 Å². The number of rotatable bonds is 4. The number of benzene rings is 2. The van der Waals surface area contributed by atoms with Crippen LogP contribution in [0.4, 0.5) is 4.39 Å². The molecule has 3 heterocycles. The minimum atomic E-state index is -1.28. The Bertz CT molecular complexity index is 1560. The van der Waals surface area contributed by atoms with Gasteiger partial charge in [-0.2, -0.15) is 9.78 Å². The summed E-state index contributed by atoms with van der Waals surface area (Å²) in [6, 6.07) is 9.85. The Kier molecular flexibility index (Phi) is 6.45. The zero-order valence-electron chi connectivity index (χ0n) is 19.6. The fourth-order valence-corrected chi connectivity index (χ4v) is 4.54. The third kappa shape index (κ3) is 4.45. The van der Waals surface area contributed by atoms with Crippen LogP contribution < -0.4 is 0 Å². The zero-order chi connectivity index (χ0) is 26.3. The Morgan fingerprint density at radius 1 is 1.11 bits per heavy atom. The van der Waals surface area contributed by atoms with Crippen molar-refractivity contribution in [2.45, 2.75) is 13.3 Å². The molecule has 0 aliphatic carbocycles. The average molecular weight is 523 g/mol. The Morgan fingerprint density at radius 2 is 1.92 bits per heavy atom. The lowest BCUT2D eigenvalue weighted by atomic mass is 10.1. The van der Waals surface area contributed by atoms with Crippen LogP contribution in [-0.2, 0) is 4.74 Å². The summed E-state index contributed by atoms with van der Waals surface area (Å²) in [7, 11) is 0. The molecular weight excluding hydrogens is 503 g/mol. The van der Waals surface area contributed by atoms with Crippen LogP contribution in [0.15, 0.2) is 48.7 Å². The smallest absolute Gasteiger partial charge is 0.335 e. The molecule has 0 radical (unpaired) electrons. The number of aromatic carboxylic acids is 1. The summed E-state index contributed by atoms with van der Waals surface area (Å²) in [5.41, 5.74) is 1.06. The van der Waals surface area contributed by atoms with E-state index in [1.807, 2.05) is 0 Å². The van der Waals surface area contributed by atoms with Gasteiger partial charge in [-0.05, 0) is 49.2 Å². The highest BCUT2D eigenvalue weighted by molar-refractivity contribution is 6.34. The lowest BCUT2D eigenvalue weighted by Crippen LogP contribution is -2.38. The molecule has 2 aromatic heterocycles. The molecule has 37 heavy (non-hydrogen) atoms. The van der Waals surface area contributed by atoms with E-state index in [1.165, 1.54) is 29.3 Å². The van der Waals surface area contributed by atoms with E-state index >= 15 is 4.39 Å². The lowest BCUT2D eigenvalue weighted by molar-refractivity contribution is -0.00573. The first kappa shape index (κ1) is 24.5. The van der Waals surface area contributed by atoms with E-state index in [1.54, 1.807) is 25.1 Å². The number of fused-ring (bicyclic) bond motifs is 1. The molecular formula is C26H20ClFN4O5. The molecule has 0 bridgehead atoms. The minimum absolute atomic E-state index is 0.0165. The first-order valence-electron chi connectivity index (χ1n) is 11.3. The summed E-state index contributed by atoms with van der Waals surface area (Å²) in [4.78, 5) is 43.9. The molecule has 0 saturated carbocycles. The molecule has 0 spiro atoms. The van der Waals surface area contributed by atoms with Crippen LogP contribution in [0.1, 0.15) is 43.1 Å². The van der Waals surface area contributed by atoms with Gasteiger partial charge in [-0.3, -0.25) is 14.6 Å². The maximum absolute atomic E-state index is 15.0. The number of halogens is 2. The van der Waals surface area contributed by atoms with Crippen molar-refractivity contribution in [3.05, 3.63) is 81.8 Å². The second-order valence-electron chi connectivity index (χ2n) is 8.55. The number of amides is 1. The molecule has 9 nitrogen and oxygen atoms in total. The number of pyridine rings is 1. The Morgan fingerprint density at radius 3 is 2.59 bits per heavy atom. The van der Waals surface area contributed by atoms with Gasteiger partial charge in [0.05, 0.1) is 33.8 Å².